The van der Waals surface area contributed by atoms with Crippen LogP contribution in [0.2, 0.25) is 0 Å². The van der Waals surface area contributed by atoms with Crippen molar-refractivity contribution in [3.8, 4) is 0 Å². The Balaban J connectivity index is 2.36. The Hall–Kier alpha value is -0.540. The Morgan fingerprint density at radius 3 is 2.24 bits per heavy atom. The highest BCUT2D eigenvalue weighted by atomic mass is 127. The standard InChI is InChI=1S/C15H14ClI/c1-10-3-8-14(11(2)9-10)15(16)12-4-6-13(17)7-5-12/h3-9,15H,1-2H3. The molecule has 2 heteroatoms. The molecule has 0 aromatic heterocycles. The molecule has 0 saturated carbocycles. The summed E-state index contributed by atoms with van der Waals surface area (Å²) in [5.41, 5.74) is 4.87. The summed E-state index contributed by atoms with van der Waals surface area (Å²) in [7, 11) is 0. The van der Waals surface area contributed by atoms with Crippen molar-refractivity contribution in [1.29, 1.82) is 0 Å². The average Bonchev–Trinajstić information content (AvgIpc) is 2.29. The van der Waals surface area contributed by atoms with Crippen LogP contribution in [0.4, 0.5) is 0 Å². The van der Waals surface area contributed by atoms with E-state index in [0.29, 0.717) is 0 Å². The number of aryl methyl sites for hydroxylation is 2. The minimum Gasteiger partial charge on any atom is -0.113 e. The van der Waals surface area contributed by atoms with Crippen molar-refractivity contribution in [2.24, 2.45) is 0 Å². The Bertz CT molecular complexity index is 517. The van der Waals surface area contributed by atoms with E-state index in [1.54, 1.807) is 0 Å². The third kappa shape index (κ3) is 3.02. The molecule has 88 valence electrons. The maximum atomic E-state index is 6.54. The molecule has 1 atom stereocenters. The van der Waals surface area contributed by atoms with Gasteiger partial charge in [0.05, 0.1) is 5.38 Å². The molecule has 2 aromatic carbocycles. The molecule has 0 aliphatic carbocycles. The molecule has 0 radical (unpaired) electrons. The maximum absolute atomic E-state index is 6.54. The van der Waals surface area contributed by atoms with Crippen molar-refractivity contribution < 1.29 is 0 Å². The molecule has 0 heterocycles. The van der Waals surface area contributed by atoms with Crippen molar-refractivity contribution in [1.82, 2.24) is 0 Å². The molecule has 0 aliphatic rings. The van der Waals surface area contributed by atoms with Gasteiger partial charge in [0.15, 0.2) is 0 Å². The number of benzene rings is 2. The molecule has 2 rings (SSSR count). The summed E-state index contributed by atoms with van der Waals surface area (Å²) in [5, 5.41) is -0.0624. The molecule has 2 aromatic rings. The quantitative estimate of drug-likeness (QED) is 0.510. The van der Waals surface area contributed by atoms with Crippen LogP contribution in [-0.2, 0) is 0 Å². The fraction of sp³-hybridized carbons (Fsp3) is 0.200. The van der Waals surface area contributed by atoms with Gasteiger partial charge in [-0.05, 0) is 65.3 Å². The summed E-state index contributed by atoms with van der Waals surface area (Å²) in [6.07, 6.45) is 0. The number of hydrogen-bond donors (Lipinski definition) is 0. The normalized spacial score (nSPS) is 12.5. The van der Waals surface area contributed by atoms with Crippen molar-refractivity contribution >= 4 is 34.2 Å². The zero-order valence-electron chi connectivity index (χ0n) is 9.87. The van der Waals surface area contributed by atoms with E-state index in [1.807, 2.05) is 0 Å². The van der Waals surface area contributed by atoms with Gasteiger partial charge in [-0.1, -0.05) is 35.9 Å². The smallest absolute Gasteiger partial charge is 0.0838 e. The molecule has 17 heavy (non-hydrogen) atoms. The van der Waals surface area contributed by atoms with Crippen molar-refractivity contribution in [3.05, 3.63) is 68.3 Å². The van der Waals surface area contributed by atoms with Crippen LogP contribution in [0.25, 0.3) is 0 Å². The summed E-state index contributed by atoms with van der Waals surface area (Å²) in [6.45, 7) is 4.22. The second-order valence-electron chi connectivity index (χ2n) is 4.27. The van der Waals surface area contributed by atoms with E-state index in [2.05, 4.69) is 78.9 Å². The lowest BCUT2D eigenvalue weighted by molar-refractivity contribution is 1.10. The van der Waals surface area contributed by atoms with Gasteiger partial charge in [0, 0.05) is 3.57 Å². The molecule has 0 spiro atoms. The molecular weight excluding hydrogens is 343 g/mol. The fourth-order valence-electron chi connectivity index (χ4n) is 1.92. The molecule has 0 nitrogen and oxygen atoms in total. The van der Waals surface area contributed by atoms with Crippen LogP contribution in [-0.4, -0.2) is 0 Å². The van der Waals surface area contributed by atoms with E-state index >= 15 is 0 Å². The van der Waals surface area contributed by atoms with Gasteiger partial charge in [-0.15, -0.1) is 11.6 Å². The SMILES string of the molecule is Cc1ccc(C(Cl)c2ccc(I)cc2)c(C)c1. The lowest BCUT2D eigenvalue weighted by atomic mass is 9.98. The van der Waals surface area contributed by atoms with E-state index in [1.165, 1.54) is 20.3 Å². The maximum Gasteiger partial charge on any atom is 0.0838 e. The predicted molar refractivity (Wildman–Crippen MR) is 82.8 cm³/mol. The van der Waals surface area contributed by atoms with Gasteiger partial charge < -0.3 is 0 Å². The lowest BCUT2D eigenvalue weighted by Gasteiger charge is -2.14. The minimum atomic E-state index is -0.0624. The first-order valence-electron chi connectivity index (χ1n) is 5.54. The van der Waals surface area contributed by atoms with Crippen LogP contribution in [0, 0.1) is 17.4 Å². The Kier molecular flexibility index (Phi) is 4.10. The van der Waals surface area contributed by atoms with Crippen molar-refractivity contribution in [2.75, 3.05) is 0 Å². The fourth-order valence-corrected chi connectivity index (χ4v) is 2.67. The first kappa shape index (κ1) is 12.9. The van der Waals surface area contributed by atoms with Crippen molar-refractivity contribution in [3.63, 3.8) is 0 Å². The predicted octanol–water partition coefficient (Wildman–Crippen LogP) is 5.24. The monoisotopic (exact) mass is 356 g/mol. The van der Waals surface area contributed by atoms with E-state index in [4.69, 9.17) is 11.6 Å². The molecule has 0 N–H and O–H groups in total. The van der Waals surface area contributed by atoms with Gasteiger partial charge in [0.25, 0.3) is 0 Å². The number of alkyl halides is 1. The van der Waals surface area contributed by atoms with Gasteiger partial charge in [-0.2, -0.15) is 0 Å². The molecule has 0 fully saturated rings. The highest BCUT2D eigenvalue weighted by molar-refractivity contribution is 14.1. The van der Waals surface area contributed by atoms with Gasteiger partial charge >= 0.3 is 0 Å². The first-order valence-corrected chi connectivity index (χ1v) is 7.06. The van der Waals surface area contributed by atoms with Crippen LogP contribution in [0.1, 0.15) is 27.6 Å². The Morgan fingerprint density at radius 1 is 1.00 bits per heavy atom. The summed E-state index contributed by atoms with van der Waals surface area (Å²) < 4.78 is 1.23. The summed E-state index contributed by atoms with van der Waals surface area (Å²) >= 11 is 8.84. The van der Waals surface area contributed by atoms with Crippen LogP contribution in [0.5, 0.6) is 0 Å². The van der Waals surface area contributed by atoms with E-state index in [0.717, 1.165) is 5.56 Å². The third-order valence-electron chi connectivity index (χ3n) is 2.86. The van der Waals surface area contributed by atoms with Crippen LogP contribution >= 0.6 is 34.2 Å². The van der Waals surface area contributed by atoms with Gasteiger partial charge in [-0.25, -0.2) is 0 Å². The van der Waals surface area contributed by atoms with E-state index in [-0.39, 0.29) is 5.38 Å². The molecule has 0 amide bonds. The van der Waals surface area contributed by atoms with Gasteiger partial charge in [0.1, 0.15) is 0 Å². The lowest BCUT2D eigenvalue weighted by Crippen LogP contribution is -1.96. The summed E-state index contributed by atoms with van der Waals surface area (Å²) in [4.78, 5) is 0. The number of halogens is 2. The zero-order chi connectivity index (χ0) is 12.4. The van der Waals surface area contributed by atoms with E-state index < -0.39 is 0 Å². The highest BCUT2D eigenvalue weighted by Gasteiger charge is 2.12. The Labute approximate surface area is 121 Å². The number of rotatable bonds is 2. The minimum absolute atomic E-state index is 0.0624. The first-order chi connectivity index (χ1) is 8.08. The zero-order valence-corrected chi connectivity index (χ0v) is 12.8. The third-order valence-corrected chi connectivity index (χ3v) is 4.07. The van der Waals surface area contributed by atoms with Gasteiger partial charge in [-0.3, -0.25) is 0 Å². The number of hydrogen-bond acceptors (Lipinski definition) is 0. The second-order valence-corrected chi connectivity index (χ2v) is 5.96. The largest absolute Gasteiger partial charge is 0.113 e. The average molecular weight is 357 g/mol. The van der Waals surface area contributed by atoms with Crippen molar-refractivity contribution in [2.45, 2.75) is 19.2 Å². The summed E-state index contributed by atoms with van der Waals surface area (Å²) in [5.74, 6) is 0. The second kappa shape index (κ2) is 5.40. The molecule has 1 unspecified atom stereocenters. The summed E-state index contributed by atoms with van der Waals surface area (Å²) in [6, 6.07) is 14.8. The van der Waals surface area contributed by atoms with Crippen LogP contribution < -0.4 is 0 Å². The Morgan fingerprint density at radius 2 is 1.65 bits per heavy atom. The molecule has 0 aliphatic heterocycles. The highest BCUT2D eigenvalue weighted by Crippen LogP contribution is 2.31. The van der Waals surface area contributed by atoms with Gasteiger partial charge in [0.2, 0.25) is 0 Å². The molecule has 0 bridgehead atoms. The topological polar surface area (TPSA) is 0 Å². The van der Waals surface area contributed by atoms with Crippen LogP contribution in [0.3, 0.4) is 0 Å². The molecular formula is C15H14ClI. The molecule has 0 saturated heterocycles. The van der Waals surface area contributed by atoms with E-state index in [9.17, 15) is 0 Å². The van der Waals surface area contributed by atoms with Crippen LogP contribution in [0.15, 0.2) is 42.5 Å².